The van der Waals surface area contributed by atoms with Crippen LogP contribution in [-0.2, 0) is 10.2 Å². The summed E-state index contributed by atoms with van der Waals surface area (Å²) in [6.07, 6.45) is 5.58. The van der Waals surface area contributed by atoms with E-state index >= 15 is 0 Å². The van der Waals surface area contributed by atoms with E-state index in [-0.39, 0.29) is 6.54 Å². The molecular weight excluding hydrogens is 252 g/mol. The van der Waals surface area contributed by atoms with Crippen LogP contribution in [0.5, 0.6) is 0 Å². The fourth-order valence-corrected chi connectivity index (χ4v) is 3.38. The van der Waals surface area contributed by atoms with Gasteiger partial charge in [-0.2, -0.15) is 17.4 Å². The van der Waals surface area contributed by atoms with Crippen molar-refractivity contribution in [1.82, 2.24) is 9.03 Å². The number of hydrogen-bond donors (Lipinski definition) is 2. The van der Waals surface area contributed by atoms with Gasteiger partial charge in [-0.25, -0.2) is 0 Å². The van der Waals surface area contributed by atoms with Crippen LogP contribution in [0.4, 0.5) is 0 Å². The van der Waals surface area contributed by atoms with Gasteiger partial charge in [-0.05, 0) is 25.7 Å². The van der Waals surface area contributed by atoms with Crippen LogP contribution in [0.3, 0.4) is 0 Å². The highest BCUT2D eigenvalue weighted by Crippen LogP contribution is 2.17. The van der Waals surface area contributed by atoms with Crippen molar-refractivity contribution in [3.05, 3.63) is 25.3 Å². The van der Waals surface area contributed by atoms with Gasteiger partial charge in [0.25, 0.3) is 10.2 Å². The molecule has 1 aliphatic rings. The minimum Gasteiger partial charge on any atom is -0.388 e. The molecule has 0 radical (unpaired) electrons. The first-order valence-electron chi connectivity index (χ1n) is 6.12. The fraction of sp³-hybridized carbons (Fsp3) is 0.667. The average Bonchev–Trinajstić information content (AvgIpc) is 2.81. The minimum absolute atomic E-state index is 0.0239. The highest BCUT2D eigenvalue weighted by molar-refractivity contribution is 7.87. The molecule has 6 heteroatoms. The van der Waals surface area contributed by atoms with Gasteiger partial charge in [0, 0.05) is 19.6 Å². The summed E-state index contributed by atoms with van der Waals surface area (Å²) in [5, 5.41) is 10.2. The van der Waals surface area contributed by atoms with E-state index < -0.39 is 15.8 Å². The van der Waals surface area contributed by atoms with E-state index in [1.54, 1.807) is 12.2 Å². The summed E-state index contributed by atoms with van der Waals surface area (Å²) in [5.41, 5.74) is -1.14. The second kappa shape index (κ2) is 6.47. The van der Waals surface area contributed by atoms with Crippen molar-refractivity contribution in [1.29, 1.82) is 0 Å². The summed E-state index contributed by atoms with van der Waals surface area (Å²) < 4.78 is 27.8. The van der Waals surface area contributed by atoms with Gasteiger partial charge in [0.1, 0.15) is 0 Å². The van der Waals surface area contributed by atoms with Gasteiger partial charge in [0.05, 0.1) is 5.60 Å². The van der Waals surface area contributed by atoms with E-state index in [1.807, 2.05) is 0 Å². The number of nitrogens with one attached hydrogen (secondary N) is 1. The van der Waals surface area contributed by atoms with E-state index in [2.05, 4.69) is 17.9 Å². The molecule has 1 rings (SSSR count). The molecule has 0 saturated carbocycles. The van der Waals surface area contributed by atoms with Crippen molar-refractivity contribution in [3.63, 3.8) is 0 Å². The number of nitrogens with zero attached hydrogens (tertiary/aromatic N) is 1. The Kier molecular flexibility index (Phi) is 5.52. The van der Waals surface area contributed by atoms with Crippen molar-refractivity contribution in [2.45, 2.75) is 31.3 Å². The summed E-state index contributed by atoms with van der Waals surface area (Å²) in [6, 6.07) is 0. The van der Waals surface area contributed by atoms with Gasteiger partial charge in [-0.3, -0.25) is 0 Å². The van der Waals surface area contributed by atoms with Gasteiger partial charge < -0.3 is 5.11 Å². The predicted octanol–water partition coefficient (Wildman–Crippen LogP) is 0.800. The maximum Gasteiger partial charge on any atom is 0.279 e. The van der Waals surface area contributed by atoms with E-state index in [4.69, 9.17) is 0 Å². The lowest BCUT2D eigenvalue weighted by molar-refractivity contribution is 0.0514. The van der Waals surface area contributed by atoms with Gasteiger partial charge in [0.15, 0.2) is 0 Å². The Bertz CT molecular complexity index is 376. The van der Waals surface area contributed by atoms with Crippen LogP contribution in [-0.4, -0.2) is 43.1 Å². The zero-order chi connectivity index (χ0) is 13.6. The molecule has 104 valence electrons. The zero-order valence-electron chi connectivity index (χ0n) is 10.6. The third kappa shape index (κ3) is 4.20. The first kappa shape index (κ1) is 15.4. The molecule has 0 atom stereocenters. The van der Waals surface area contributed by atoms with Crippen molar-refractivity contribution >= 4 is 10.2 Å². The van der Waals surface area contributed by atoms with E-state index in [9.17, 15) is 13.5 Å². The lowest BCUT2D eigenvalue weighted by Crippen LogP contribution is -2.47. The topological polar surface area (TPSA) is 69.6 Å². The molecule has 18 heavy (non-hydrogen) atoms. The van der Waals surface area contributed by atoms with Crippen LogP contribution < -0.4 is 4.72 Å². The molecule has 0 bridgehead atoms. The minimum atomic E-state index is -3.48. The number of aliphatic hydroxyl groups is 1. The fourth-order valence-electron chi connectivity index (χ4n) is 2.01. The van der Waals surface area contributed by atoms with Crippen LogP contribution in [0.1, 0.15) is 25.7 Å². The predicted molar refractivity (Wildman–Crippen MR) is 72.3 cm³/mol. The van der Waals surface area contributed by atoms with Crippen LogP contribution >= 0.6 is 0 Å². The van der Waals surface area contributed by atoms with E-state index in [0.29, 0.717) is 25.9 Å². The van der Waals surface area contributed by atoms with E-state index in [1.165, 1.54) is 4.31 Å². The molecule has 0 aromatic carbocycles. The Labute approximate surface area is 109 Å². The second-order valence-corrected chi connectivity index (χ2v) is 6.40. The molecule has 1 fully saturated rings. The molecule has 0 spiro atoms. The second-order valence-electron chi connectivity index (χ2n) is 4.64. The van der Waals surface area contributed by atoms with Gasteiger partial charge in [-0.15, -0.1) is 13.2 Å². The largest absolute Gasteiger partial charge is 0.388 e. The van der Waals surface area contributed by atoms with E-state index in [0.717, 1.165) is 12.8 Å². The highest BCUT2D eigenvalue weighted by Gasteiger charge is 2.30. The molecule has 2 N–H and O–H groups in total. The third-order valence-corrected chi connectivity index (χ3v) is 4.59. The van der Waals surface area contributed by atoms with Crippen LogP contribution in [0, 0.1) is 0 Å². The Morgan fingerprint density at radius 2 is 1.72 bits per heavy atom. The highest BCUT2D eigenvalue weighted by atomic mass is 32.2. The summed E-state index contributed by atoms with van der Waals surface area (Å²) in [5.74, 6) is 0. The average molecular weight is 274 g/mol. The van der Waals surface area contributed by atoms with Crippen molar-refractivity contribution in [2.24, 2.45) is 0 Å². The number of hydrogen-bond acceptors (Lipinski definition) is 3. The van der Waals surface area contributed by atoms with Crippen LogP contribution in [0.15, 0.2) is 25.3 Å². The first-order valence-corrected chi connectivity index (χ1v) is 7.56. The lowest BCUT2D eigenvalue weighted by atomic mass is 9.96. The standard InChI is InChI=1S/C12H22N2O3S/c1-3-7-12(15,8-4-2)11-13-18(16,17)14-9-5-6-10-14/h3-4,13,15H,1-2,5-11H2. The molecule has 0 aromatic rings. The molecule has 5 nitrogen and oxygen atoms in total. The SMILES string of the molecule is C=CCC(O)(CC=C)CNS(=O)(=O)N1CCCC1. The Morgan fingerprint density at radius 1 is 1.22 bits per heavy atom. The van der Waals surface area contributed by atoms with Gasteiger partial charge in [-0.1, -0.05) is 12.2 Å². The first-order chi connectivity index (χ1) is 8.43. The third-order valence-electron chi connectivity index (χ3n) is 3.04. The normalized spacial score (nSPS) is 17.8. The monoisotopic (exact) mass is 274 g/mol. The molecule has 1 saturated heterocycles. The summed E-state index contributed by atoms with van der Waals surface area (Å²) >= 11 is 0. The number of rotatable bonds is 8. The molecule has 1 aliphatic heterocycles. The molecule has 0 aliphatic carbocycles. The Hall–Kier alpha value is -0.690. The maximum absolute atomic E-state index is 11.9. The quantitative estimate of drug-likeness (QED) is 0.643. The maximum atomic E-state index is 11.9. The van der Waals surface area contributed by atoms with Crippen molar-refractivity contribution in [3.8, 4) is 0 Å². The van der Waals surface area contributed by atoms with Crippen molar-refractivity contribution in [2.75, 3.05) is 19.6 Å². The molecule has 0 aromatic heterocycles. The summed E-state index contributed by atoms with van der Waals surface area (Å²) in [6.45, 7) is 8.22. The molecule has 1 heterocycles. The lowest BCUT2D eigenvalue weighted by Gasteiger charge is -2.27. The van der Waals surface area contributed by atoms with Crippen molar-refractivity contribution < 1.29 is 13.5 Å². The Morgan fingerprint density at radius 3 is 2.17 bits per heavy atom. The van der Waals surface area contributed by atoms with Crippen LogP contribution in [0.2, 0.25) is 0 Å². The molecule has 0 amide bonds. The smallest absolute Gasteiger partial charge is 0.279 e. The summed E-state index contributed by atoms with van der Waals surface area (Å²) in [4.78, 5) is 0. The van der Waals surface area contributed by atoms with Gasteiger partial charge >= 0.3 is 0 Å². The van der Waals surface area contributed by atoms with Gasteiger partial charge in [0.2, 0.25) is 0 Å². The Balaban J connectivity index is 2.60. The van der Waals surface area contributed by atoms with Crippen LogP contribution in [0.25, 0.3) is 0 Å². The molecule has 0 unspecified atom stereocenters. The molecular formula is C12H22N2O3S. The zero-order valence-corrected chi connectivity index (χ0v) is 11.5. The summed E-state index contributed by atoms with van der Waals surface area (Å²) in [7, 11) is -3.48.